The summed E-state index contributed by atoms with van der Waals surface area (Å²) < 4.78 is 0. The predicted molar refractivity (Wildman–Crippen MR) is 84.0 cm³/mol. The average molecular weight is 298 g/mol. The summed E-state index contributed by atoms with van der Waals surface area (Å²) in [5.41, 5.74) is 0. The highest BCUT2D eigenvalue weighted by Crippen LogP contribution is 2.11. The minimum atomic E-state index is -0.174. The van der Waals surface area contributed by atoms with E-state index in [1.807, 2.05) is 20.8 Å². The number of nitrogens with zero attached hydrogens (tertiary/aromatic N) is 2. The van der Waals surface area contributed by atoms with Gasteiger partial charge in [-0.1, -0.05) is 0 Å². The smallest absolute Gasteiger partial charge is 0.237 e. The molecule has 1 aliphatic rings. The topological polar surface area (TPSA) is 64.7 Å². The number of likely N-dealkylation sites (N-methyl/N-ethyl adjacent to an activating group) is 1. The SMILES string of the molecule is CC(C)NC(=O)C(C)NC1CCN(CC(=O)N(C)C)CC1. The van der Waals surface area contributed by atoms with Gasteiger partial charge in [-0.2, -0.15) is 0 Å². The van der Waals surface area contributed by atoms with Crippen molar-refractivity contribution >= 4 is 11.8 Å². The summed E-state index contributed by atoms with van der Waals surface area (Å²) in [6, 6.07) is 0.344. The zero-order chi connectivity index (χ0) is 16.0. The molecule has 0 aliphatic carbocycles. The number of rotatable bonds is 6. The van der Waals surface area contributed by atoms with Crippen molar-refractivity contribution in [3.05, 3.63) is 0 Å². The number of likely N-dealkylation sites (tertiary alicyclic amines) is 1. The van der Waals surface area contributed by atoms with Crippen LogP contribution < -0.4 is 10.6 Å². The highest BCUT2D eigenvalue weighted by molar-refractivity contribution is 5.81. The van der Waals surface area contributed by atoms with Crippen LogP contribution in [0.4, 0.5) is 0 Å². The Bertz CT molecular complexity index is 350. The van der Waals surface area contributed by atoms with E-state index < -0.39 is 0 Å². The molecule has 1 atom stereocenters. The van der Waals surface area contributed by atoms with Gasteiger partial charge in [-0.05, 0) is 33.6 Å². The second-order valence-electron chi connectivity index (χ2n) is 6.39. The van der Waals surface area contributed by atoms with E-state index in [9.17, 15) is 9.59 Å². The lowest BCUT2D eigenvalue weighted by Gasteiger charge is -2.33. The monoisotopic (exact) mass is 298 g/mol. The maximum atomic E-state index is 11.9. The van der Waals surface area contributed by atoms with Crippen molar-refractivity contribution in [2.75, 3.05) is 33.7 Å². The molecule has 0 aromatic carbocycles. The fraction of sp³-hybridized carbons (Fsp3) is 0.867. The lowest BCUT2D eigenvalue weighted by molar-refractivity contribution is -0.130. The number of amides is 2. The first-order valence-electron chi connectivity index (χ1n) is 7.78. The summed E-state index contributed by atoms with van der Waals surface area (Å²) in [4.78, 5) is 27.4. The van der Waals surface area contributed by atoms with E-state index in [1.165, 1.54) is 0 Å². The molecule has 2 N–H and O–H groups in total. The second kappa shape index (κ2) is 8.34. The molecule has 122 valence electrons. The number of carbonyl (C=O) groups excluding carboxylic acids is 2. The second-order valence-corrected chi connectivity index (χ2v) is 6.39. The van der Waals surface area contributed by atoms with Crippen LogP contribution in [0.1, 0.15) is 33.6 Å². The van der Waals surface area contributed by atoms with Crippen LogP contribution >= 0.6 is 0 Å². The summed E-state index contributed by atoms with van der Waals surface area (Å²) in [5.74, 6) is 0.196. The first-order valence-corrected chi connectivity index (χ1v) is 7.78. The summed E-state index contributed by atoms with van der Waals surface area (Å²) in [7, 11) is 3.57. The number of carbonyl (C=O) groups is 2. The van der Waals surface area contributed by atoms with Crippen molar-refractivity contribution in [2.24, 2.45) is 0 Å². The van der Waals surface area contributed by atoms with Crippen LogP contribution in [0.15, 0.2) is 0 Å². The van der Waals surface area contributed by atoms with Gasteiger partial charge in [0.1, 0.15) is 0 Å². The van der Waals surface area contributed by atoms with Gasteiger partial charge in [0, 0.05) is 39.3 Å². The van der Waals surface area contributed by atoms with Crippen molar-refractivity contribution in [3.8, 4) is 0 Å². The van der Waals surface area contributed by atoms with Gasteiger partial charge in [-0.25, -0.2) is 0 Å². The molecule has 1 aliphatic heterocycles. The van der Waals surface area contributed by atoms with Crippen molar-refractivity contribution < 1.29 is 9.59 Å². The first-order chi connectivity index (χ1) is 9.79. The molecule has 6 nitrogen and oxygen atoms in total. The van der Waals surface area contributed by atoms with E-state index in [1.54, 1.807) is 19.0 Å². The Balaban J connectivity index is 2.30. The van der Waals surface area contributed by atoms with Crippen molar-refractivity contribution in [1.82, 2.24) is 20.4 Å². The van der Waals surface area contributed by atoms with Gasteiger partial charge >= 0.3 is 0 Å². The van der Waals surface area contributed by atoms with Crippen LogP contribution in [0.25, 0.3) is 0 Å². The maximum absolute atomic E-state index is 11.9. The van der Waals surface area contributed by atoms with E-state index in [-0.39, 0.29) is 23.9 Å². The fourth-order valence-electron chi connectivity index (χ4n) is 2.43. The molecule has 1 fully saturated rings. The number of piperidine rings is 1. The molecule has 1 saturated heterocycles. The quantitative estimate of drug-likeness (QED) is 0.727. The van der Waals surface area contributed by atoms with Crippen LogP contribution in [0.3, 0.4) is 0 Å². The van der Waals surface area contributed by atoms with Gasteiger partial charge in [0.05, 0.1) is 12.6 Å². The molecule has 0 spiro atoms. The van der Waals surface area contributed by atoms with Gasteiger partial charge in [0.2, 0.25) is 11.8 Å². The third-order valence-electron chi connectivity index (χ3n) is 3.76. The van der Waals surface area contributed by atoms with E-state index >= 15 is 0 Å². The highest BCUT2D eigenvalue weighted by Gasteiger charge is 2.24. The molecule has 0 radical (unpaired) electrons. The predicted octanol–water partition coefficient (Wildman–Crippen LogP) is 0.0417. The van der Waals surface area contributed by atoms with Crippen molar-refractivity contribution in [2.45, 2.75) is 51.7 Å². The average Bonchev–Trinajstić information content (AvgIpc) is 2.39. The molecule has 1 unspecified atom stereocenters. The molecule has 0 aromatic rings. The lowest BCUT2D eigenvalue weighted by Crippen LogP contribution is -2.52. The van der Waals surface area contributed by atoms with Crippen molar-refractivity contribution in [1.29, 1.82) is 0 Å². The van der Waals surface area contributed by atoms with Crippen LogP contribution in [-0.4, -0.2) is 73.5 Å². The largest absolute Gasteiger partial charge is 0.353 e. The fourth-order valence-corrected chi connectivity index (χ4v) is 2.43. The summed E-state index contributed by atoms with van der Waals surface area (Å²) in [6.07, 6.45) is 1.94. The Morgan fingerprint density at radius 2 is 1.76 bits per heavy atom. The molecule has 0 aromatic heterocycles. The molecule has 0 bridgehead atoms. The zero-order valence-electron chi connectivity index (χ0n) is 14.0. The van der Waals surface area contributed by atoms with E-state index in [2.05, 4.69) is 15.5 Å². The van der Waals surface area contributed by atoms with Crippen LogP contribution in [0, 0.1) is 0 Å². The van der Waals surface area contributed by atoms with E-state index in [4.69, 9.17) is 0 Å². The van der Waals surface area contributed by atoms with Gasteiger partial charge < -0.3 is 15.5 Å². The summed E-state index contributed by atoms with van der Waals surface area (Å²) >= 11 is 0. The van der Waals surface area contributed by atoms with Crippen molar-refractivity contribution in [3.63, 3.8) is 0 Å². The number of hydrogen-bond donors (Lipinski definition) is 2. The Kier molecular flexibility index (Phi) is 7.11. The third-order valence-corrected chi connectivity index (χ3v) is 3.76. The van der Waals surface area contributed by atoms with Crippen LogP contribution in [-0.2, 0) is 9.59 Å². The third kappa shape index (κ3) is 6.44. The molecule has 1 heterocycles. The van der Waals surface area contributed by atoms with E-state index in [0.717, 1.165) is 25.9 Å². The normalized spacial score (nSPS) is 18.6. The molecular formula is C15H30N4O2. The number of nitrogens with one attached hydrogen (secondary N) is 2. The zero-order valence-corrected chi connectivity index (χ0v) is 14.0. The lowest BCUT2D eigenvalue weighted by atomic mass is 10.0. The molecule has 21 heavy (non-hydrogen) atoms. The molecule has 6 heteroatoms. The minimum Gasteiger partial charge on any atom is -0.353 e. The Morgan fingerprint density at radius 1 is 1.19 bits per heavy atom. The van der Waals surface area contributed by atoms with Gasteiger partial charge in [-0.15, -0.1) is 0 Å². The maximum Gasteiger partial charge on any atom is 0.237 e. The highest BCUT2D eigenvalue weighted by atomic mass is 16.2. The van der Waals surface area contributed by atoms with Gasteiger partial charge in [-0.3, -0.25) is 14.5 Å². The summed E-state index contributed by atoms with van der Waals surface area (Å²) in [6.45, 7) is 8.12. The molecule has 2 amide bonds. The van der Waals surface area contributed by atoms with Crippen LogP contribution in [0.5, 0.6) is 0 Å². The summed E-state index contributed by atoms with van der Waals surface area (Å²) in [5, 5.41) is 6.30. The number of hydrogen-bond acceptors (Lipinski definition) is 4. The first kappa shape index (κ1) is 17.9. The molecular weight excluding hydrogens is 268 g/mol. The van der Waals surface area contributed by atoms with Gasteiger partial charge in [0.15, 0.2) is 0 Å². The Morgan fingerprint density at radius 3 is 2.24 bits per heavy atom. The standard InChI is InChI=1S/C15H30N4O2/c1-11(2)16-15(21)12(3)17-13-6-8-19(9-7-13)10-14(20)18(4)5/h11-13,17H,6-10H2,1-5H3,(H,16,21). The Labute approximate surface area is 128 Å². The van der Waals surface area contributed by atoms with E-state index in [0.29, 0.717) is 12.6 Å². The minimum absolute atomic E-state index is 0.0511. The van der Waals surface area contributed by atoms with Gasteiger partial charge in [0.25, 0.3) is 0 Å². The Hall–Kier alpha value is -1.14. The van der Waals surface area contributed by atoms with Crippen LogP contribution in [0.2, 0.25) is 0 Å². The molecule has 0 saturated carbocycles. The molecule has 1 rings (SSSR count).